The summed E-state index contributed by atoms with van der Waals surface area (Å²) in [6, 6.07) is 7.71. The Morgan fingerprint density at radius 3 is 2.67 bits per heavy atom. The van der Waals surface area contributed by atoms with Gasteiger partial charge in [-0.25, -0.2) is 9.67 Å². The zero-order chi connectivity index (χ0) is 15.2. The standard InChI is InChI=1S/C15H17N5O/c1-9-4-5-10-11(8-9)20(19-13(10)15(2,3)21)12-6-7-17-14(16)18-12/h4-8,21H,1-3H3,(H2,16,17,18). The Kier molecular flexibility index (Phi) is 2.91. The number of anilines is 1. The topological polar surface area (TPSA) is 89.9 Å². The lowest BCUT2D eigenvalue weighted by molar-refractivity contribution is 0.0749. The minimum atomic E-state index is -1.04. The van der Waals surface area contributed by atoms with Crippen LogP contribution in [0.2, 0.25) is 0 Å². The van der Waals surface area contributed by atoms with Crippen molar-refractivity contribution >= 4 is 16.9 Å². The average Bonchev–Trinajstić information content (AvgIpc) is 2.77. The molecule has 0 atom stereocenters. The summed E-state index contributed by atoms with van der Waals surface area (Å²) >= 11 is 0. The van der Waals surface area contributed by atoms with Crippen molar-refractivity contribution in [3.05, 3.63) is 41.7 Å². The second-order valence-corrected chi connectivity index (χ2v) is 5.61. The molecule has 0 saturated heterocycles. The fourth-order valence-corrected chi connectivity index (χ4v) is 2.33. The molecule has 2 aromatic heterocycles. The first-order valence-electron chi connectivity index (χ1n) is 6.67. The molecular weight excluding hydrogens is 266 g/mol. The molecule has 0 bridgehead atoms. The van der Waals surface area contributed by atoms with Crippen LogP contribution < -0.4 is 5.73 Å². The molecule has 108 valence electrons. The van der Waals surface area contributed by atoms with Crippen LogP contribution in [0, 0.1) is 6.92 Å². The van der Waals surface area contributed by atoms with E-state index in [1.54, 1.807) is 30.8 Å². The van der Waals surface area contributed by atoms with Crippen LogP contribution in [-0.2, 0) is 5.60 Å². The summed E-state index contributed by atoms with van der Waals surface area (Å²) in [7, 11) is 0. The van der Waals surface area contributed by atoms with Crippen molar-refractivity contribution in [1.29, 1.82) is 0 Å². The highest BCUT2D eigenvalue weighted by Crippen LogP contribution is 2.29. The van der Waals surface area contributed by atoms with Crippen molar-refractivity contribution in [2.75, 3.05) is 5.73 Å². The first-order valence-corrected chi connectivity index (χ1v) is 6.67. The summed E-state index contributed by atoms with van der Waals surface area (Å²) < 4.78 is 1.69. The summed E-state index contributed by atoms with van der Waals surface area (Å²) in [5.74, 6) is 0.766. The lowest BCUT2D eigenvalue weighted by atomic mass is 10.0. The van der Waals surface area contributed by atoms with E-state index in [1.165, 1.54) is 0 Å². The maximum absolute atomic E-state index is 10.3. The van der Waals surface area contributed by atoms with Gasteiger partial charge in [0.1, 0.15) is 11.3 Å². The Morgan fingerprint density at radius 2 is 2.00 bits per heavy atom. The second kappa shape index (κ2) is 4.53. The van der Waals surface area contributed by atoms with E-state index >= 15 is 0 Å². The van der Waals surface area contributed by atoms with E-state index < -0.39 is 5.60 Å². The number of rotatable bonds is 2. The highest BCUT2D eigenvalue weighted by atomic mass is 16.3. The van der Waals surface area contributed by atoms with Crippen molar-refractivity contribution in [2.45, 2.75) is 26.4 Å². The summed E-state index contributed by atoms with van der Waals surface area (Å²) in [6.45, 7) is 5.44. The maximum atomic E-state index is 10.3. The Hall–Kier alpha value is -2.47. The van der Waals surface area contributed by atoms with Gasteiger partial charge in [-0.3, -0.25) is 0 Å². The molecule has 0 saturated carbocycles. The Morgan fingerprint density at radius 1 is 1.24 bits per heavy atom. The van der Waals surface area contributed by atoms with Gasteiger partial charge >= 0.3 is 0 Å². The number of hydrogen-bond donors (Lipinski definition) is 2. The lowest BCUT2D eigenvalue weighted by Gasteiger charge is -2.14. The molecule has 0 aliphatic carbocycles. The fourth-order valence-electron chi connectivity index (χ4n) is 2.33. The molecule has 6 heteroatoms. The third-order valence-electron chi connectivity index (χ3n) is 3.29. The monoisotopic (exact) mass is 283 g/mol. The number of nitrogen functional groups attached to an aromatic ring is 1. The zero-order valence-electron chi connectivity index (χ0n) is 12.2. The van der Waals surface area contributed by atoms with Crippen LogP contribution in [0.4, 0.5) is 5.95 Å². The molecule has 3 N–H and O–H groups in total. The van der Waals surface area contributed by atoms with Crippen molar-refractivity contribution in [3.8, 4) is 5.82 Å². The molecule has 0 fully saturated rings. The van der Waals surface area contributed by atoms with E-state index in [0.717, 1.165) is 16.5 Å². The van der Waals surface area contributed by atoms with Gasteiger partial charge in [0.2, 0.25) is 5.95 Å². The molecule has 0 amide bonds. The summed E-state index contributed by atoms with van der Waals surface area (Å²) in [5, 5.41) is 15.8. The maximum Gasteiger partial charge on any atom is 0.221 e. The number of nitrogens with two attached hydrogens (primary N) is 1. The van der Waals surface area contributed by atoms with E-state index in [2.05, 4.69) is 15.1 Å². The van der Waals surface area contributed by atoms with Crippen LogP contribution >= 0.6 is 0 Å². The van der Waals surface area contributed by atoms with Gasteiger partial charge in [0.15, 0.2) is 5.82 Å². The molecule has 3 aromatic rings. The van der Waals surface area contributed by atoms with E-state index in [1.807, 2.05) is 25.1 Å². The predicted octanol–water partition coefficient (Wildman–Crippen LogP) is 1.93. The fraction of sp³-hybridized carbons (Fsp3) is 0.267. The van der Waals surface area contributed by atoms with Crippen LogP contribution in [0.1, 0.15) is 25.1 Å². The number of hydrogen-bond acceptors (Lipinski definition) is 5. The predicted molar refractivity (Wildman–Crippen MR) is 81.1 cm³/mol. The first-order chi connectivity index (χ1) is 9.86. The van der Waals surface area contributed by atoms with Gasteiger partial charge in [0.25, 0.3) is 0 Å². The Balaban J connectivity index is 2.35. The summed E-state index contributed by atoms with van der Waals surface area (Å²) in [4.78, 5) is 8.10. The first kappa shape index (κ1) is 13.5. The van der Waals surface area contributed by atoms with Crippen LogP contribution in [0.5, 0.6) is 0 Å². The molecule has 1 aromatic carbocycles. The van der Waals surface area contributed by atoms with Gasteiger partial charge in [-0.05, 0) is 32.4 Å². The molecule has 2 heterocycles. The van der Waals surface area contributed by atoms with E-state index in [-0.39, 0.29) is 5.95 Å². The number of fused-ring (bicyclic) bond motifs is 1. The molecule has 0 radical (unpaired) electrons. The minimum absolute atomic E-state index is 0.189. The molecule has 21 heavy (non-hydrogen) atoms. The third kappa shape index (κ3) is 2.34. The number of aliphatic hydroxyl groups is 1. The smallest absolute Gasteiger partial charge is 0.221 e. The number of aromatic nitrogens is 4. The molecule has 0 aliphatic rings. The van der Waals surface area contributed by atoms with Crippen molar-refractivity contribution in [1.82, 2.24) is 19.7 Å². The highest BCUT2D eigenvalue weighted by Gasteiger charge is 2.25. The van der Waals surface area contributed by atoms with Crippen LogP contribution in [0.3, 0.4) is 0 Å². The minimum Gasteiger partial charge on any atom is -0.384 e. The van der Waals surface area contributed by atoms with E-state index in [9.17, 15) is 5.11 Å². The number of nitrogens with zero attached hydrogens (tertiary/aromatic N) is 4. The normalized spacial score (nSPS) is 12.0. The zero-order valence-corrected chi connectivity index (χ0v) is 12.2. The molecule has 0 unspecified atom stereocenters. The molecule has 0 aliphatic heterocycles. The Bertz CT molecular complexity index is 817. The summed E-state index contributed by atoms with van der Waals surface area (Å²) in [6.07, 6.45) is 1.59. The van der Waals surface area contributed by atoms with Crippen molar-refractivity contribution < 1.29 is 5.11 Å². The van der Waals surface area contributed by atoms with Crippen LogP contribution in [0.15, 0.2) is 30.5 Å². The van der Waals surface area contributed by atoms with Crippen molar-refractivity contribution in [2.24, 2.45) is 0 Å². The SMILES string of the molecule is Cc1ccc2c(C(C)(C)O)nn(-c3ccnc(N)n3)c2c1. The van der Waals surface area contributed by atoms with Crippen LogP contribution in [-0.4, -0.2) is 24.9 Å². The van der Waals surface area contributed by atoms with Gasteiger partial charge in [-0.2, -0.15) is 10.1 Å². The van der Waals surface area contributed by atoms with Gasteiger partial charge in [-0.15, -0.1) is 0 Å². The molecule has 3 rings (SSSR count). The van der Waals surface area contributed by atoms with E-state index in [0.29, 0.717) is 11.5 Å². The third-order valence-corrected chi connectivity index (χ3v) is 3.29. The average molecular weight is 283 g/mol. The second-order valence-electron chi connectivity index (χ2n) is 5.61. The highest BCUT2D eigenvalue weighted by molar-refractivity contribution is 5.84. The largest absolute Gasteiger partial charge is 0.384 e. The van der Waals surface area contributed by atoms with Gasteiger partial charge in [0.05, 0.1) is 5.52 Å². The summed E-state index contributed by atoms with van der Waals surface area (Å²) in [5.41, 5.74) is 7.20. The lowest BCUT2D eigenvalue weighted by Crippen LogP contribution is -2.17. The van der Waals surface area contributed by atoms with Gasteiger partial charge in [0, 0.05) is 17.6 Å². The Labute approximate surface area is 122 Å². The van der Waals surface area contributed by atoms with Crippen molar-refractivity contribution in [3.63, 3.8) is 0 Å². The quantitative estimate of drug-likeness (QED) is 0.750. The van der Waals surface area contributed by atoms with Gasteiger partial charge in [-0.1, -0.05) is 12.1 Å². The van der Waals surface area contributed by atoms with Crippen LogP contribution in [0.25, 0.3) is 16.7 Å². The molecule has 0 spiro atoms. The molecular formula is C15H17N5O. The molecule has 6 nitrogen and oxygen atoms in total. The number of benzene rings is 1. The number of aryl methyl sites for hydroxylation is 1. The van der Waals surface area contributed by atoms with Gasteiger partial charge < -0.3 is 10.8 Å². The van der Waals surface area contributed by atoms with E-state index in [4.69, 9.17) is 5.73 Å².